The van der Waals surface area contributed by atoms with Crippen LogP contribution >= 0.6 is 0 Å². The second-order valence-electron chi connectivity index (χ2n) is 7.65. The minimum Gasteiger partial charge on any atom is -0.467 e. The van der Waals surface area contributed by atoms with Crippen LogP contribution in [0.5, 0.6) is 0 Å². The molecule has 1 aromatic carbocycles. The van der Waals surface area contributed by atoms with Gasteiger partial charge in [-0.15, -0.1) is 0 Å². The Morgan fingerprint density at radius 2 is 1.91 bits per heavy atom. The van der Waals surface area contributed by atoms with Crippen LogP contribution in [0.3, 0.4) is 0 Å². The molecule has 0 saturated carbocycles. The molecule has 1 fully saturated rings. The molecule has 0 aliphatic carbocycles. The zero-order chi connectivity index (χ0) is 23.6. The molecule has 2 aromatic rings. The predicted molar refractivity (Wildman–Crippen MR) is 112 cm³/mol. The lowest BCUT2D eigenvalue weighted by Crippen LogP contribution is -2.57. The number of hydrogen-bond donors (Lipinski definition) is 1. The number of halogens is 3. The smallest absolute Gasteiger partial charge is 0.416 e. The van der Waals surface area contributed by atoms with Crippen LogP contribution in [0.4, 0.5) is 18.9 Å². The van der Waals surface area contributed by atoms with Gasteiger partial charge in [0.15, 0.2) is 5.92 Å². The van der Waals surface area contributed by atoms with E-state index in [4.69, 9.17) is 9.15 Å². The lowest BCUT2D eigenvalue weighted by Gasteiger charge is -2.39. The van der Waals surface area contributed by atoms with E-state index in [-0.39, 0.29) is 6.61 Å². The van der Waals surface area contributed by atoms with Crippen LogP contribution in [0, 0.1) is 5.92 Å². The van der Waals surface area contributed by atoms with Crippen molar-refractivity contribution < 1.29 is 31.9 Å². The van der Waals surface area contributed by atoms with E-state index in [9.17, 15) is 22.8 Å². The van der Waals surface area contributed by atoms with Crippen LogP contribution in [0.15, 0.2) is 52.1 Å². The van der Waals surface area contributed by atoms with Gasteiger partial charge >= 0.3 is 12.1 Å². The van der Waals surface area contributed by atoms with Crippen molar-refractivity contribution in [1.29, 1.82) is 0 Å². The zero-order valence-electron chi connectivity index (χ0n) is 17.8. The highest BCUT2D eigenvalue weighted by Gasteiger charge is 2.43. The molecule has 2 aliphatic rings. The van der Waals surface area contributed by atoms with E-state index in [2.05, 4.69) is 10.3 Å². The van der Waals surface area contributed by atoms with Crippen molar-refractivity contribution in [1.82, 2.24) is 10.2 Å². The van der Waals surface area contributed by atoms with Crippen LogP contribution in [0.25, 0.3) is 0 Å². The average Bonchev–Trinajstić information content (AvgIpc) is 3.33. The van der Waals surface area contributed by atoms with Crippen molar-refractivity contribution in [2.45, 2.75) is 19.1 Å². The first-order chi connectivity index (χ1) is 15.8. The number of aliphatic imine (C=N–C) groups is 1. The fraction of sp³-hybridized carbons (Fsp3) is 0.409. The maximum atomic E-state index is 13.0. The molecule has 0 unspecified atom stereocenters. The first-order valence-corrected chi connectivity index (χ1v) is 10.5. The third kappa shape index (κ3) is 4.81. The Labute approximate surface area is 188 Å². The summed E-state index contributed by atoms with van der Waals surface area (Å²) in [5, 5.41) is 2.68. The number of carbonyl (C=O) groups is 2. The maximum absolute atomic E-state index is 13.0. The molecule has 1 aromatic heterocycles. The summed E-state index contributed by atoms with van der Waals surface area (Å²) in [5.41, 5.74) is -0.215. The van der Waals surface area contributed by atoms with Crippen LogP contribution in [-0.4, -0.2) is 55.5 Å². The summed E-state index contributed by atoms with van der Waals surface area (Å²) in [4.78, 5) is 33.5. The molecule has 0 spiro atoms. The predicted octanol–water partition coefficient (Wildman–Crippen LogP) is 2.83. The molecule has 0 radical (unpaired) electrons. The van der Waals surface area contributed by atoms with Crippen molar-refractivity contribution in [3.63, 3.8) is 0 Å². The Morgan fingerprint density at radius 1 is 1.18 bits per heavy atom. The van der Waals surface area contributed by atoms with Gasteiger partial charge in [0, 0.05) is 31.9 Å². The van der Waals surface area contributed by atoms with Gasteiger partial charge in [0.2, 0.25) is 11.9 Å². The van der Waals surface area contributed by atoms with Crippen molar-refractivity contribution in [3.8, 4) is 0 Å². The molecule has 2 atom stereocenters. The van der Waals surface area contributed by atoms with Gasteiger partial charge in [-0.2, -0.15) is 13.2 Å². The molecule has 8 nitrogen and oxygen atoms in total. The van der Waals surface area contributed by atoms with Gasteiger partial charge in [0.05, 0.1) is 18.4 Å². The van der Waals surface area contributed by atoms with Crippen LogP contribution in [-0.2, 0) is 20.5 Å². The number of carbonyl (C=O) groups excluding carboxylic acids is 2. The Morgan fingerprint density at radius 3 is 2.55 bits per heavy atom. The number of amides is 1. The van der Waals surface area contributed by atoms with Crippen molar-refractivity contribution in [3.05, 3.63) is 54.0 Å². The van der Waals surface area contributed by atoms with E-state index in [1.807, 2.05) is 9.80 Å². The number of esters is 1. The molecule has 1 N–H and O–H groups in total. The summed E-state index contributed by atoms with van der Waals surface area (Å²) in [6.07, 6.45) is -2.97. The van der Waals surface area contributed by atoms with Crippen LogP contribution < -0.4 is 10.2 Å². The van der Waals surface area contributed by atoms with E-state index in [0.29, 0.717) is 43.6 Å². The highest BCUT2D eigenvalue weighted by atomic mass is 19.4. The van der Waals surface area contributed by atoms with Gasteiger partial charge in [-0.1, -0.05) is 6.07 Å². The second-order valence-corrected chi connectivity index (χ2v) is 7.65. The second kappa shape index (κ2) is 9.16. The molecular weight excluding hydrogens is 441 g/mol. The third-order valence-electron chi connectivity index (χ3n) is 5.59. The molecule has 3 heterocycles. The fourth-order valence-corrected chi connectivity index (χ4v) is 3.94. The Bertz CT molecular complexity index is 1030. The SMILES string of the molecule is CCOC(=O)[C@@H]1C(=O)NC(N2CCN(c3cccc(C(F)(F)F)c3)CC2)=N[C@@H]1c1ccco1. The number of ether oxygens (including phenoxy) is 1. The number of hydrogen-bond acceptors (Lipinski definition) is 7. The molecule has 4 rings (SSSR count). The highest BCUT2D eigenvalue weighted by molar-refractivity contribution is 6.08. The normalized spacial score (nSPS) is 21.5. The molecule has 0 bridgehead atoms. The first-order valence-electron chi connectivity index (χ1n) is 10.5. The van der Waals surface area contributed by atoms with Gasteiger partial charge in [-0.05, 0) is 37.3 Å². The maximum Gasteiger partial charge on any atom is 0.416 e. The number of benzene rings is 1. The quantitative estimate of drug-likeness (QED) is 0.553. The van der Waals surface area contributed by atoms with Crippen molar-refractivity contribution >= 4 is 23.5 Å². The Balaban J connectivity index is 1.50. The summed E-state index contributed by atoms with van der Waals surface area (Å²) in [5.74, 6) is -1.74. The summed E-state index contributed by atoms with van der Waals surface area (Å²) < 4.78 is 49.6. The number of rotatable bonds is 4. The third-order valence-corrected chi connectivity index (χ3v) is 5.59. The van der Waals surface area contributed by atoms with E-state index in [1.54, 1.807) is 25.1 Å². The lowest BCUT2D eigenvalue weighted by atomic mass is 9.95. The number of alkyl halides is 3. The summed E-state index contributed by atoms with van der Waals surface area (Å²) in [6.45, 7) is 3.49. The van der Waals surface area contributed by atoms with E-state index in [0.717, 1.165) is 12.1 Å². The highest BCUT2D eigenvalue weighted by Crippen LogP contribution is 2.33. The number of anilines is 1. The monoisotopic (exact) mass is 464 g/mol. The topological polar surface area (TPSA) is 87.4 Å². The number of nitrogens with one attached hydrogen (secondary N) is 1. The van der Waals surface area contributed by atoms with Crippen LogP contribution in [0.2, 0.25) is 0 Å². The molecule has 2 aliphatic heterocycles. The lowest BCUT2D eigenvalue weighted by molar-refractivity contribution is -0.153. The Kier molecular flexibility index (Phi) is 6.30. The molecule has 33 heavy (non-hydrogen) atoms. The van der Waals surface area contributed by atoms with E-state index in [1.165, 1.54) is 12.3 Å². The zero-order valence-corrected chi connectivity index (χ0v) is 17.8. The summed E-state index contributed by atoms with van der Waals surface area (Å²) in [6, 6.07) is 7.62. The standard InChI is InChI=1S/C22H23F3N4O4/c1-2-32-20(31)17-18(16-7-4-12-33-16)26-21(27-19(17)30)29-10-8-28(9-11-29)15-6-3-5-14(13-15)22(23,24)25/h3-7,12-13,17-18H,2,8-11H2,1H3,(H,26,27,30)/t17-,18+/m0/s1. The van der Waals surface area contributed by atoms with E-state index >= 15 is 0 Å². The fourth-order valence-electron chi connectivity index (χ4n) is 3.94. The number of guanidine groups is 1. The molecule has 176 valence electrons. The summed E-state index contributed by atoms with van der Waals surface area (Å²) in [7, 11) is 0. The van der Waals surface area contributed by atoms with Gasteiger partial charge in [-0.3, -0.25) is 14.9 Å². The number of nitrogens with zero attached hydrogens (tertiary/aromatic N) is 3. The molecule has 11 heteroatoms. The van der Waals surface area contributed by atoms with Gasteiger partial charge in [-0.25, -0.2) is 4.99 Å². The van der Waals surface area contributed by atoms with E-state index < -0.39 is 35.6 Å². The number of furan rings is 1. The van der Waals surface area contributed by atoms with Crippen LogP contribution in [0.1, 0.15) is 24.3 Å². The summed E-state index contributed by atoms with van der Waals surface area (Å²) >= 11 is 0. The minimum atomic E-state index is -4.41. The van der Waals surface area contributed by atoms with Gasteiger partial charge in [0.25, 0.3) is 0 Å². The average molecular weight is 464 g/mol. The largest absolute Gasteiger partial charge is 0.467 e. The van der Waals surface area contributed by atoms with Crippen molar-refractivity contribution in [2.75, 3.05) is 37.7 Å². The molecular formula is C22H23F3N4O4. The number of piperazine rings is 1. The van der Waals surface area contributed by atoms with Gasteiger partial charge in [0.1, 0.15) is 11.8 Å². The minimum absolute atomic E-state index is 0.127. The van der Waals surface area contributed by atoms with Gasteiger partial charge < -0.3 is 19.0 Å². The molecule has 1 saturated heterocycles. The van der Waals surface area contributed by atoms with Crippen molar-refractivity contribution in [2.24, 2.45) is 10.9 Å². The Hall–Kier alpha value is -3.50. The first kappa shape index (κ1) is 22.7. The molecule has 1 amide bonds.